The quantitative estimate of drug-likeness (QED) is 0.569. The highest BCUT2D eigenvalue weighted by Crippen LogP contribution is 2.22. The Kier molecular flexibility index (Phi) is 6.63. The number of methoxy groups -OCH3 is 1. The first-order chi connectivity index (χ1) is 7.74. The van der Waals surface area contributed by atoms with Gasteiger partial charge in [-0.05, 0) is 27.5 Å². The molecular formula is C9H12BrClN2O3. The fourth-order valence-corrected chi connectivity index (χ4v) is 1.31. The molecule has 0 unspecified atom stereocenters. The monoisotopic (exact) mass is 310 g/mol. The van der Waals surface area contributed by atoms with Gasteiger partial charge in [0.1, 0.15) is 6.61 Å². The predicted molar refractivity (Wildman–Crippen MR) is 62.9 cm³/mol. The molecule has 5 nitrogen and oxygen atoms in total. The highest BCUT2D eigenvalue weighted by Gasteiger charge is 2.04. The van der Waals surface area contributed by atoms with Gasteiger partial charge in [-0.2, -0.15) is 4.98 Å². The van der Waals surface area contributed by atoms with Gasteiger partial charge in [0.15, 0.2) is 0 Å². The van der Waals surface area contributed by atoms with Crippen molar-refractivity contribution >= 4 is 27.5 Å². The number of ether oxygens (including phenoxy) is 3. The van der Waals surface area contributed by atoms with E-state index in [-0.39, 0.29) is 5.28 Å². The van der Waals surface area contributed by atoms with Crippen molar-refractivity contribution in [2.75, 3.05) is 33.5 Å². The van der Waals surface area contributed by atoms with Gasteiger partial charge >= 0.3 is 0 Å². The van der Waals surface area contributed by atoms with Crippen LogP contribution in [0.4, 0.5) is 0 Å². The van der Waals surface area contributed by atoms with Crippen LogP contribution in [0.2, 0.25) is 5.28 Å². The summed E-state index contributed by atoms with van der Waals surface area (Å²) in [4.78, 5) is 7.70. The lowest BCUT2D eigenvalue weighted by Crippen LogP contribution is -2.10. The van der Waals surface area contributed by atoms with Gasteiger partial charge in [0.05, 0.1) is 24.3 Å². The van der Waals surface area contributed by atoms with Crippen molar-refractivity contribution in [3.8, 4) is 5.88 Å². The number of nitrogens with zero attached hydrogens (tertiary/aromatic N) is 2. The minimum absolute atomic E-state index is 0.151. The molecule has 0 aliphatic rings. The van der Waals surface area contributed by atoms with E-state index in [2.05, 4.69) is 25.9 Å². The molecule has 0 spiro atoms. The van der Waals surface area contributed by atoms with Crippen LogP contribution in [-0.2, 0) is 9.47 Å². The van der Waals surface area contributed by atoms with Crippen LogP contribution >= 0.6 is 27.5 Å². The molecule has 0 aliphatic heterocycles. The van der Waals surface area contributed by atoms with E-state index in [4.69, 9.17) is 25.8 Å². The van der Waals surface area contributed by atoms with Crippen LogP contribution < -0.4 is 4.74 Å². The first-order valence-corrected chi connectivity index (χ1v) is 5.78. The maximum atomic E-state index is 5.63. The Morgan fingerprint density at radius 1 is 1.31 bits per heavy atom. The van der Waals surface area contributed by atoms with Gasteiger partial charge in [0.25, 0.3) is 0 Å². The number of hydrogen-bond donors (Lipinski definition) is 0. The van der Waals surface area contributed by atoms with Crippen LogP contribution in [0, 0.1) is 0 Å². The number of aromatic nitrogens is 2. The van der Waals surface area contributed by atoms with Crippen LogP contribution in [0.15, 0.2) is 10.7 Å². The second-order valence-electron chi connectivity index (χ2n) is 2.75. The van der Waals surface area contributed by atoms with E-state index in [0.29, 0.717) is 36.8 Å². The molecule has 0 radical (unpaired) electrons. The lowest BCUT2D eigenvalue weighted by molar-refractivity contribution is 0.0535. The molecule has 0 saturated carbocycles. The molecule has 1 aromatic heterocycles. The molecule has 1 rings (SSSR count). The minimum Gasteiger partial charge on any atom is -0.474 e. The first kappa shape index (κ1) is 13.6. The van der Waals surface area contributed by atoms with E-state index in [1.54, 1.807) is 7.11 Å². The summed E-state index contributed by atoms with van der Waals surface area (Å²) in [7, 11) is 1.62. The van der Waals surface area contributed by atoms with Gasteiger partial charge in [-0.3, -0.25) is 0 Å². The number of halogens is 2. The summed E-state index contributed by atoms with van der Waals surface area (Å²) in [5, 5.41) is 0.151. The Morgan fingerprint density at radius 2 is 2.06 bits per heavy atom. The smallest absolute Gasteiger partial charge is 0.232 e. The van der Waals surface area contributed by atoms with Gasteiger partial charge in [-0.25, -0.2) is 4.98 Å². The van der Waals surface area contributed by atoms with Gasteiger partial charge in [0.2, 0.25) is 11.2 Å². The standard InChI is InChI=1S/C9H12BrClN2O3/c1-14-2-3-15-4-5-16-8-7(10)6-12-9(11)13-8/h6H,2-5H2,1H3. The van der Waals surface area contributed by atoms with Gasteiger partial charge in [-0.1, -0.05) is 0 Å². The molecule has 0 aliphatic carbocycles. The molecule has 0 fully saturated rings. The summed E-state index contributed by atoms with van der Waals surface area (Å²) >= 11 is 8.88. The zero-order valence-corrected chi connectivity index (χ0v) is 11.1. The highest BCUT2D eigenvalue weighted by molar-refractivity contribution is 9.10. The fraction of sp³-hybridized carbons (Fsp3) is 0.556. The van der Waals surface area contributed by atoms with Crippen LogP contribution in [0.3, 0.4) is 0 Å². The third-order valence-corrected chi connectivity index (χ3v) is 2.31. The molecule has 0 bridgehead atoms. The van der Waals surface area contributed by atoms with Crippen molar-refractivity contribution in [1.29, 1.82) is 0 Å². The number of hydrogen-bond acceptors (Lipinski definition) is 5. The van der Waals surface area contributed by atoms with Crippen molar-refractivity contribution in [3.05, 3.63) is 16.0 Å². The summed E-state index contributed by atoms with van der Waals surface area (Å²) < 4.78 is 16.1. The Hall–Kier alpha value is -0.430. The highest BCUT2D eigenvalue weighted by atomic mass is 79.9. The van der Waals surface area contributed by atoms with Gasteiger partial charge in [-0.15, -0.1) is 0 Å². The SMILES string of the molecule is COCCOCCOc1nc(Cl)ncc1Br. The predicted octanol–water partition coefficient (Wildman–Crippen LogP) is 1.93. The minimum atomic E-state index is 0.151. The van der Waals surface area contributed by atoms with Gasteiger partial charge in [0, 0.05) is 13.3 Å². The third kappa shape index (κ3) is 5.07. The van der Waals surface area contributed by atoms with Crippen molar-refractivity contribution < 1.29 is 14.2 Å². The topological polar surface area (TPSA) is 53.5 Å². The normalized spacial score (nSPS) is 10.4. The fourth-order valence-electron chi connectivity index (χ4n) is 0.874. The van der Waals surface area contributed by atoms with E-state index in [1.807, 2.05) is 0 Å². The van der Waals surface area contributed by atoms with E-state index in [0.717, 1.165) is 0 Å². The summed E-state index contributed by atoms with van der Waals surface area (Å²) in [5.41, 5.74) is 0. The zero-order chi connectivity index (χ0) is 11.8. The van der Waals surface area contributed by atoms with Gasteiger partial charge < -0.3 is 14.2 Å². The molecule has 7 heteroatoms. The molecule has 1 heterocycles. The Balaban J connectivity index is 2.23. The van der Waals surface area contributed by atoms with Crippen molar-refractivity contribution in [2.45, 2.75) is 0 Å². The molecule has 90 valence electrons. The Labute approximate surface area is 107 Å². The van der Waals surface area contributed by atoms with E-state index < -0.39 is 0 Å². The largest absolute Gasteiger partial charge is 0.474 e. The molecule has 0 saturated heterocycles. The second-order valence-corrected chi connectivity index (χ2v) is 3.94. The molecule has 0 atom stereocenters. The second kappa shape index (κ2) is 7.78. The van der Waals surface area contributed by atoms with Crippen LogP contribution in [0.1, 0.15) is 0 Å². The molecular weight excluding hydrogens is 299 g/mol. The lowest BCUT2D eigenvalue weighted by Gasteiger charge is -2.07. The summed E-state index contributed by atoms with van der Waals surface area (Å²) in [6.45, 7) is 1.99. The zero-order valence-electron chi connectivity index (χ0n) is 8.78. The Morgan fingerprint density at radius 3 is 2.81 bits per heavy atom. The summed E-state index contributed by atoms with van der Waals surface area (Å²) in [5.74, 6) is 0.412. The molecule has 1 aromatic rings. The first-order valence-electron chi connectivity index (χ1n) is 4.61. The maximum Gasteiger partial charge on any atom is 0.232 e. The third-order valence-electron chi connectivity index (χ3n) is 1.58. The Bertz CT molecular complexity index is 328. The van der Waals surface area contributed by atoms with E-state index in [1.165, 1.54) is 6.20 Å². The van der Waals surface area contributed by atoms with Crippen molar-refractivity contribution in [2.24, 2.45) is 0 Å². The van der Waals surface area contributed by atoms with Crippen LogP contribution in [0.5, 0.6) is 5.88 Å². The molecule has 0 aromatic carbocycles. The van der Waals surface area contributed by atoms with Crippen molar-refractivity contribution in [3.63, 3.8) is 0 Å². The molecule has 0 N–H and O–H groups in total. The lowest BCUT2D eigenvalue weighted by atomic mass is 10.6. The number of rotatable bonds is 7. The van der Waals surface area contributed by atoms with E-state index >= 15 is 0 Å². The average molecular weight is 312 g/mol. The van der Waals surface area contributed by atoms with Crippen molar-refractivity contribution in [1.82, 2.24) is 9.97 Å². The van der Waals surface area contributed by atoms with E-state index in [9.17, 15) is 0 Å². The van der Waals surface area contributed by atoms with Crippen LogP contribution in [-0.4, -0.2) is 43.5 Å². The maximum absolute atomic E-state index is 5.63. The molecule has 16 heavy (non-hydrogen) atoms. The molecule has 0 amide bonds. The summed E-state index contributed by atoms with van der Waals surface area (Å²) in [6.07, 6.45) is 1.54. The average Bonchev–Trinajstić information content (AvgIpc) is 2.28. The van der Waals surface area contributed by atoms with Crippen LogP contribution in [0.25, 0.3) is 0 Å². The summed E-state index contributed by atoms with van der Waals surface area (Å²) in [6, 6.07) is 0.